The van der Waals surface area contributed by atoms with Crippen molar-refractivity contribution in [3.05, 3.63) is 34.9 Å². The number of hydrogen-bond donors (Lipinski definition) is 2. The second-order valence-electron chi connectivity index (χ2n) is 7.98. The second kappa shape index (κ2) is 7.62. The van der Waals surface area contributed by atoms with Crippen molar-refractivity contribution in [2.24, 2.45) is 5.41 Å². The average molecular weight is 367 g/mol. The first kappa shape index (κ1) is 18.6. The van der Waals surface area contributed by atoms with Crippen LogP contribution in [0.5, 0.6) is 0 Å². The first-order valence-electron chi connectivity index (χ1n) is 8.87. The largest absolute Gasteiger partial charge is 0.396 e. The molecular formula is C19H27ClN2O3. The van der Waals surface area contributed by atoms with Gasteiger partial charge in [0.1, 0.15) is 0 Å². The maximum atomic E-state index is 12.2. The van der Waals surface area contributed by atoms with E-state index in [0.29, 0.717) is 19.1 Å². The minimum atomic E-state index is -0.376. The van der Waals surface area contributed by atoms with Crippen molar-refractivity contribution in [2.45, 2.75) is 44.9 Å². The van der Waals surface area contributed by atoms with Crippen LogP contribution in [0, 0.1) is 5.41 Å². The molecule has 138 valence electrons. The molecule has 0 spiro atoms. The van der Waals surface area contributed by atoms with E-state index in [0.717, 1.165) is 30.1 Å². The average Bonchev–Trinajstić information content (AvgIpc) is 2.96. The Morgan fingerprint density at radius 1 is 1.36 bits per heavy atom. The van der Waals surface area contributed by atoms with Crippen molar-refractivity contribution in [1.82, 2.24) is 10.2 Å². The number of halogens is 1. The van der Waals surface area contributed by atoms with E-state index in [4.69, 9.17) is 16.3 Å². The van der Waals surface area contributed by atoms with Crippen molar-refractivity contribution in [2.75, 3.05) is 26.3 Å². The van der Waals surface area contributed by atoms with Crippen molar-refractivity contribution < 1.29 is 14.6 Å². The van der Waals surface area contributed by atoms with Crippen LogP contribution in [-0.4, -0.2) is 54.3 Å². The van der Waals surface area contributed by atoms with Gasteiger partial charge < -0.3 is 15.2 Å². The molecule has 6 heteroatoms. The highest BCUT2D eigenvalue weighted by atomic mass is 35.5. The zero-order valence-electron chi connectivity index (χ0n) is 14.9. The normalized spacial score (nSPS) is 27.1. The van der Waals surface area contributed by atoms with Crippen LogP contribution < -0.4 is 5.32 Å². The summed E-state index contributed by atoms with van der Waals surface area (Å²) in [4.78, 5) is 14.6. The predicted molar refractivity (Wildman–Crippen MR) is 97.5 cm³/mol. The second-order valence-corrected chi connectivity index (χ2v) is 8.42. The van der Waals surface area contributed by atoms with E-state index in [1.54, 1.807) is 0 Å². The Balaban J connectivity index is 1.53. The number of nitrogens with one attached hydrogen (secondary N) is 1. The Hall–Kier alpha value is -1.14. The summed E-state index contributed by atoms with van der Waals surface area (Å²) in [5, 5.41) is 13.2. The molecule has 0 aromatic heterocycles. The van der Waals surface area contributed by atoms with Crippen molar-refractivity contribution in [3.63, 3.8) is 0 Å². The molecule has 3 rings (SSSR count). The molecule has 0 aliphatic carbocycles. The molecule has 2 fully saturated rings. The van der Waals surface area contributed by atoms with Gasteiger partial charge in [-0.3, -0.25) is 9.69 Å². The number of aliphatic hydroxyl groups is 1. The Bertz CT molecular complexity index is 605. The van der Waals surface area contributed by atoms with Gasteiger partial charge in [-0.15, -0.1) is 0 Å². The van der Waals surface area contributed by atoms with Crippen LogP contribution in [0.3, 0.4) is 0 Å². The lowest BCUT2D eigenvalue weighted by molar-refractivity contribution is -0.124. The van der Waals surface area contributed by atoms with Gasteiger partial charge in [-0.2, -0.15) is 0 Å². The third-order valence-electron chi connectivity index (χ3n) is 5.09. The summed E-state index contributed by atoms with van der Waals surface area (Å²) in [6, 6.07) is 8.32. The van der Waals surface area contributed by atoms with Crippen LogP contribution in [0.15, 0.2) is 24.3 Å². The maximum Gasteiger partial charge on any atom is 0.220 e. The summed E-state index contributed by atoms with van der Waals surface area (Å²) < 4.78 is 6.04. The van der Waals surface area contributed by atoms with Gasteiger partial charge in [0.2, 0.25) is 5.91 Å². The Kier molecular flexibility index (Phi) is 5.68. The summed E-state index contributed by atoms with van der Waals surface area (Å²) in [5.74, 6) is 0.0130. The molecular weight excluding hydrogens is 340 g/mol. The fraction of sp³-hybridized carbons (Fsp3) is 0.632. The third kappa shape index (κ3) is 4.73. The van der Waals surface area contributed by atoms with Gasteiger partial charge >= 0.3 is 0 Å². The number of rotatable bonds is 5. The summed E-state index contributed by atoms with van der Waals surface area (Å²) in [7, 11) is 0. The Morgan fingerprint density at radius 2 is 2.08 bits per heavy atom. The Labute approximate surface area is 154 Å². The molecule has 0 bridgehead atoms. The van der Waals surface area contributed by atoms with Gasteiger partial charge in [-0.1, -0.05) is 37.6 Å². The number of fused-ring (bicyclic) bond motifs is 1. The van der Waals surface area contributed by atoms with Gasteiger partial charge in [0.25, 0.3) is 0 Å². The summed E-state index contributed by atoms with van der Waals surface area (Å²) in [5.41, 5.74) is 0.762. The first-order valence-corrected chi connectivity index (χ1v) is 9.25. The zero-order valence-corrected chi connectivity index (χ0v) is 15.6. The lowest BCUT2D eigenvalue weighted by Gasteiger charge is -2.35. The molecule has 1 amide bonds. The maximum absolute atomic E-state index is 12.2. The number of amides is 1. The fourth-order valence-corrected chi connectivity index (χ4v) is 3.75. The smallest absolute Gasteiger partial charge is 0.220 e. The molecule has 0 saturated carbocycles. The van der Waals surface area contributed by atoms with E-state index in [9.17, 15) is 9.90 Å². The third-order valence-corrected chi connectivity index (χ3v) is 5.34. The van der Waals surface area contributed by atoms with Crippen molar-refractivity contribution in [1.29, 1.82) is 0 Å². The number of aliphatic hydroxyl groups excluding tert-OH is 1. The Morgan fingerprint density at radius 3 is 2.76 bits per heavy atom. The highest BCUT2D eigenvalue weighted by Crippen LogP contribution is 2.31. The molecule has 1 aromatic rings. The molecule has 0 unspecified atom stereocenters. The van der Waals surface area contributed by atoms with E-state index in [1.165, 1.54) is 0 Å². The quantitative estimate of drug-likeness (QED) is 0.840. The zero-order chi connectivity index (χ0) is 18.0. The summed E-state index contributed by atoms with van der Waals surface area (Å²) in [6.45, 7) is 6.17. The highest BCUT2D eigenvalue weighted by molar-refractivity contribution is 6.30. The molecule has 2 heterocycles. The monoisotopic (exact) mass is 366 g/mol. The number of hydrogen-bond acceptors (Lipinski definition) is 4. The van der Waals surface area contributed by atoms with E-state index in [2.05, 4.69) is 10.2 Å². The van der Waals surface area contributed by atoms with E-state index >= 15 is 0 Å². The lowest BCUT2D eigenvalue weighted by atomic mass is 9.90. The van der Waals surface area contributed by atoms with Crippen molar-refractivity contribution >= 4 is 17.5 Å². The van der Waals surface area contributed by atoms with Crippen LogP contribution in [0.2, 0.25) is 5.02 Å². The molecule has 0 radical (unpaired) electrons. The van der Waals surface area contributed by atoms with Crippen LogP contribution in [-0.2, 0) is 9.53 Å². The standard InChI is InChI=1S/C19H27ClN2O3/c1-19(2,12-23)8-18(24)21-15-7-16-11-25-17(10-22(16)9-15)13-3-5-14(20)6-4-13/h3-6,15-17,23H,7-12H2,1-2H3,(H,21,24)/t15-,16-,17+/m0/s1. The lowest BCUT2D eigenvalue weighted by Crippen LogP contribution is -2.43. The minimum absolute atomic E-state index is 0.0104. The topological polar surface area (TPSA) is 61.8 Å². The number of morpholine rings is 1. The van der Waals surface area contributed by atoms with Gasteiger partial charge in [-0.25, -0.2) is 0 Å². The molecule has 25 heavy (non-hydrogen) atoms. The van der Waals surface area contributed by atoms with Crippen LogP contribution in [0.25, 0.3) is 0 Å². The minimum Gasteiger partial charge on any atom is -0.396 e. The van der Waals surface area contributed by atoms with E-state index in [-0.39, 0.29) is 30.1 Å². The van der Waals surface area contributed by atoms with Gasteiger partial charge in [0, 0.05) is 43.2 Å². The number of carbonyl (C=O) groups is 1. The summed E-state index contributed by atoms with van der Waals surface area (Å²) in [6.07, 6.45) is 1.31. The number of carbonyl (C=O) groups excluding carboxylic acids is 1. The number of nitrogens with zero attached hydrogens (tertiary/aromatic N) is 1. The van der Waals surface area contributed by atoms with Crippen LogP contribution >= 0.6 is 11.6 Å². The summed E-state index contributed by atoms with van der Waals surface area (Å²) >= 11 is 5.96. The first-order chi connectivity index (χ1) is 11.9. The number of ether oxygens (including phenoxy) is 1. The van der Waals surface area contributed by atoms with Gasteiger partial charge in [0.05, 0.1) is 12.7 Å². The molecule has 1 aromatic carbocycles. The van der Waals surface area contributed by atoms with E-state index < -0.39 is 0 Å². The predicted octanol–water partition coefficient (Wildman–Crippen LogP) is 2.38. The SMILES string of the molecule is CC(C)(CO)CC(=O)N[C@H]1C[C@H]2CO[C@@H](c3ccc(Cl)cc3)CN2C1. The molecule has 5 nitrogen and oxygen atoms in total. The molecule has 2 N–H and O–H groups in total. The van der Waals surface area contributed by atoms with E-state index in [1.807, 2.05) is 38.1 Å². The fourth-order valence-electron chi connectivity index (χ4n) is 3.63. The van der Waals surface area contributed by atoms with Crippen molar-refractivity contribution in [3.8, 4) is 0 Å². The van der Waals surface area contributed by atoms with Gasteiger partial charge in [0.15, 0.2) is 0 Å². The molecule has 2 aliphatic heterocycles. The van der Waals surface area contributed by atoms with Crippen LogP contribution in [0.1, 0.15) is 38.4 Å². The van der Waals surface area contributed by atoms with Crippen LogP contribution in [0.4, 0.5) is 0 Å². The van der Waals surface area contributed by atoms with Gasteiger partial charge in [-0.05, 0) is 29.5 Å². The molecule has 2 aliphatic rings. The number of benzene rings is 1. The molecule has 3 atom stereocenters. The highest BCUT2D eigenvalue weighted by Gasteiger charge is 2.38. The molecule has 2 saturated heterocycles.